The highest BCUT2D eigenvalue weighted by atomic mass is 16.5. The lowest BCUT2D eigenvalue weighted by atomic mass is 10.1. The second-order valence-electron chi connectivity index (χ2n) is 4.27. The molecule has 1 aliphatic carbocycles. The summed E-state index contributed by atoms with van der Waals surface area (Å²) in [5.74, 6) is -0.606. The normalized spacial score (nSPS) is 28.1. The molecular weight excluding hydrogens is 196 g/mol. The van der Waals surface area contributed by atoms with Gasteiger partial charge >= 0.3 is 5.97 Å². The van der Waals surface area contributed by atoms with Crippen LogP contribution >= 0.6 is 0 Å². The number of esters is 1. The van der Waals surface area contributed by atoms with E-state index in [1.807, 2.05) is 13.8 Å². The SMILES string of the molecule is COC=C(C=O)[C@@H]1[C@@H](C(=O)OC)C1(C)C. The molecule has 0 amide bonds. The first-order valence-electron chi connectivity index (χ1n) is 4.76. The molecule has 0 saturated heterocycles. The highest BCUT2D eigenvalue weighted by Crippen LogP contribution is 2.61. The monoisotopic (exact) mass is 212 g/mol. The first-order valence-corrected chi connectivity index (χ1v) is 4.76. The average molecular weight is 212 g/mol. The zero-order valence-electron chi connectivity index (χ0n) is 9.44. The lowest BCUT2D eigenvalue weighted by Gasteiger charge is -2.00. The number of allylic oxidation sites excluding steroid dienone is 1. The van der Waals surface area contributed by atoms with Gasteiger partial charge in [-0.15, -0.1) is 0 Å². The van der Waals surface area contributed by atoms with Gasteiger partial charge in [0.1, 0.15) is 6.29 Å². The summed E-state index contributed by atoms with van der Waals surface area (Å²) < 4.78 is 9.50. The third kappa shape index (κ3) is 1.89. The van der Waals surface area contributed by atoms with Crippen LogP contribution in [0.4, 0.5) is 0 Å². The molecule has 0 aromatic carbocycles. The Morgan fingerprint density at radius 2 is 1.87 bits per heavy atom. The standard InChI is InChI=1S/C11H16O4/c1-11(2)8(7(5-12)6-14-3)9(11)10(13)15-4/h5-6,8-9H,1-4H3/t8-,9+/m1/s1. The quantitative estimate of drug-likeness (QED) is 0.304. The summed E-state index contributed by atoms with van der Waals surface area (Å²) in [4.78, 5) is 22.2. The highest BCUT2D eigenvalue weighted by Gasteiger charge is 2.64. The van der Waals surface area contributed by atoms with Crippen LogP contribution in [0.2, 0.25) is 0 Å². The molecule has 4 nitrogen and oxygen atoms in total. The number of ether oxygens (including phenoxy) is 2. The predicted octanol–water partition coefficient (Wildman–Crippen LogP) is 1.16. The van der Waals surface area contributed by atoms with Crippen LogP contribution in [0.25, 0.3) is 0 Å². The Kier molecular flexibility index (Phi) is 3.17. The molecule has 15 heavy (non-hydrogen) atoms. The molecule has 0 aromatic rings. The fourth-order valence-electron chi connectivity index (χ4n) is 2.14. The summed E-state index contributed by atoms with van der Waals surface area (Å²) >= 11 is 0. The first kappa shape index (κ1) is 11.8. The molecule has 1 saturated carbocycles. The summed E-state index contributed by atoms with van der Waals surface area (Å²) in [5.41, 5.74) is 0.288. The molecule has 0 aromatic heterocycles. The van der Waals surface area contributed by atoms with Gasteiger partial charge in [0, 0.05) is 11.5 Å². The van der Waals surface area contributed by atoms with E-state index in [0.29, 0.717) is 5.57 Å². The number of carbonyl (C=O) groups is 2. The molecule has 0 spiro atoms. The molecule has 1 fully saturated rings. The van der Waals surface area contributed by atoms with Crippen LogP contribution < -0.4 is 0 Å². The molecule has 84 valence electrons. The van der Waals surface area contributed by atoms with Crippen molar-refractivity contribution >= 4 is 12.3 Å². The van der Waals surface area contributed by atoms with E-state index < -0.39 is 0 Å². The van der Waals surface area contributed by atoms with E-state index in [1.54, 1.807) is 0 Å². The highest BCUT2D eigenvalue weighted by molar-refractivity contribution is 5.84. The maximum atomic E-state index is 11.4. The van der Waals surface area contributed by atoms with Crippen molar-refractivity contribution < 1.29 is 19.1 Å². The van der Waals surface area contributed by atoms with Gasteiger partial charge in [-0.1, -0.05) is 13.8 Å². The Morgan fingerprint density at radius 3 is 2.27 bits per heavy atom. The number of methoxy groups -OCH3 is 2. The zero-order valence-corrected chi connectivity index (χ0v) is 9.44. The van der Waals surface area contributed by atoms with Crippen LogP contribution in [0.15, 0.2) is 11.8 Å². The van der Waals surface area contributed by atoms with Gasteiger partial charge in [-0.2, -0.15) is 0 Å². The third-order valence-electron chi connectivity index (χ3n) is 3.03. The van der Waals surface area contributed by atoms with Crippen molar-refractivity contribution in [1.82, 2.24) is 0 Å². The molecule has 0 radical (unpaired) electrons. The molecule has 0 heterocycles. The van der Waals surface area contributed by atoms with Crippen molar-refractivity contribution in [1.29, 1.82) is 0 Å². The van der Waals surface area contributed by atoms with Crippen molar-refractivity contribution in [3.8, 4) is 0 Å². The molecule has 0 bridgehead atoms. The van der Waals surface area contributed by atoms with E-state index in [-0.39, 0.29) is 23.2 Å². The van der Waals surface area contributed by atoms with Crippen molar-refractivity contribution in [2.75, 3.05) is 14.2 Å². The van der Waals surface area contributed by atoms with Gasteiger partial charge in [0.25, 0.3) is 0 Å². The lowest BCUT2D eigenvalue weighted by Crippen LogP contribution is -2.07. The van der Waals surface area contributed by atoms with Crippen LogP contribution in [-0.4, -0.2) is 26.5 Å². The summed E-state index contributed by atoms with van der Waals surface area (Å²) in [6, 6.07) is 0. The largest absolute Gasteiger partial charge is 0.504 e. The van der Waals surface area contributed by atoms with E-state index in [2.05, 4.69) is 4.74 Å². The molecule has 1 rings (SSSR count). The molecule has 4 heteroatoms. The van der Waals surface area contributed by atoms with E-state index >= 15 is 0 Å². The minimum absolute atomic E-state index is 0.0950. The average Bonchev–Trinajstić information content (AvgIpc) is 2.77. The predicted molar refractivity (Wildman–Crippen MR) is 53.9 cm³/mol. The fraction of sp³-hybridized carbons (Fsp3) is 0.636. The van der Waals surface area contributed by atoms with Crippen molar-refractivity contribution in [3.63, 3.8) is 0 Å². The van der Waals surface area contributed by atoms with Crippen molar-refractivity contribution in [2.45, 2.75) is 13.8 Å². The van der Waals surface area contributed by atoms with Crippen LogP contribution in [-0.2, 0) is 19.1 Å². The number of carbonyl (C=O) groups excluding carboxylic acids is 2. The summed E-state index contributed by atoms with van der Waals surface area (Å²) in [6.07, 6.45) is 2.13. The van der Waals surface area contributed by atoms with Crippen molar-refractivity contribution in [3.05, 3.63) is 11.8 Å². The summed E-state index contributed by atoms with van der Waals surface area (Å²) in [6.45, 7) is 3.87. The van der Waals surface area contributed by atoms with Gasteiger partial charge in [-0.05, 0) is 5.41 Å². The Hall–Kier alpha value is -1.32. The molecule has 2 atom stereocenters. The summed E-state index contributed by atoms with van der Waals surface area (Å²) in [7, 11) is 2.83. The van der Waals surface area contributed by atoms with Crippen LogP contribution in [0.5, 0.6) is 0 Å². The number of aldehydes is 1. The Balaban J connectivity index is 2.86. The van der Waals surface area contributed by atoms with E-state index in [4.69, 9.17) is 4.74 Å². The second-order valence-corrected chi connectivity index (χ2v) is 4.27. The Morgan fingerprint density at radius 1 is 1.27 bits per heavy atom. The molecule has 1 aliphatic rings. The Labute approximate surface area is 89.2 Å². The number of hydrogen-bond donors (Lipinski definition) is 0. The first-order chi connectivity index (χ1) is 7.00. The third-order valence-corrected chi connectivity index (χ3v) is 3.03. The number of hydrogen-bond acceptors (Lipinski definition) is 4. The maximum Gasteiger partial charge on any atom is 0.309 e. The van der Waals surface area contributed by atoms with Crippen molar-refractivity contribution in [2.24, 2.45) is 17.3 Å². The molecule has 0 N–H and O–H groups in total. The summed E-state index contributed by atoms with van der Waals surface area (Å²) in [5, 5.41) is 0. The molecular formula is C11H16O4. The Bertz CT molecular complexity index is 304. The zero-order chi connectivity index (χ0) is 11.6. The van der Waals surface area contributed by atoms with Gasteiger partial charge in [-0.25, -0.2) is 0 Å². The second kappa shape index (κ2) is 4.04. The van der Waals surface area contributed by atoms with E-state index in [0.717, 1.165) is 6.29 Å². The van der Waals surface area contributed by atoms with Gasteiger partial charge in [0.2, 0.25) is 0 Å². The smallest absolute Gasteiger partial charge is 0.309 e. The van der Waals surface area contributed by atoms with Crippen LogP contribution in [0.1, 0.15) is 13.8 Å². The minimum atomic E-state index is -0.270. The number of rotatable bonds is 4. The lowest BCUT2D eigenvalue weighted by molar-refractivity contribution is -0.143. The van der Waals surface area contributed by atoms with Crippen LogP contribution in [0.3, 0.4) is 0 Å². The van der Waals surface area contributed by atoms with Gasteiger partial charge in [0.05, 0.1) is 26.4 Å². The van der Waals surface area contributed by atoms with Crippen LogP contribution in [0, 0.1) is 17.3 Å². The van der Waals surface area contributed by atoms with E-state index in [1.165, 1.54) is 20.5 Å². The van der Waals surface area contributed by atoms with Gasteiger partial charge in [-0.3, -0.25) is 9.59 Å². The molecule has 0 aliphatic heterocycles. The van der Waals surface area contributed by atoms with Gasteiger partial charge < -0.3 is 9.47 Å². The minimum Gasteiger partial charge on any atom is -0.504 e. The topological polar surface area (TPSA) is 52.6 Å². The van der Waals surface area contributed by atoms with Gasteiger partial charge in [0.15, 0.2) is 0 Å². The fourth-order valence-corrected chi connectivity index (χ4v) is 2.14. The maximum absolute atomic E-state index is 11.4. The van der Waals surface area contributed by atoms with E-state index in [9.17, 15) is 9.59 Å². The molecule has 0 unspecified atom stereocenters.